The lowest BCUT2D eigenvalue weighted by Crippen LogP contribution is -2.37. The number of likely N-dealkylation sites (N-methyl/N-ethyl adjacent to an activating group) is 1. The zero-order chi connectivity index (χ0) is 19.1. The highest BCUT2D eigenvalue weighted by molar-refractivity contribution is 9.10. The van der Waals surface area contributed by atoms with Gasteiger partial charge in [0.25, 0.3) is 0 Å². The van der Waals surface area contributed by atoms with Crippen LogP contribution in [0.1, 0.15) is 18.1 Å². The van der Waals surface area contributed by atoms with Gasteiger partial charge in [0.2, 0.25) is 0 Å². The Morgan fingerprint density at radius 1 is 1.19 bits per heavy atom. The van der Waals surface area contributed by atoms with Gasteiger partial charge in [0.05, 0.1) is 6.21 Å². The highest BCUT2D eigenvalue weighted by Gasteiger charge is 2.10. The number of nitrogens with zero attached hydrogens (tertiary/aromatic N) is 1. The Labute approximate surface area is 165 Å². The van der Waals surface area contributed by atoms with Crippen LogP contribution < -0.4 is 16.1 Å². The third-order valence-corrected chi connectivity index (χ3v) is 4.28. The van der Waals surface area contributed by atoms with E-state index < -0.39 is 11.8 Å². The number of nitrogens with one attached hydrogen (secondary N) is 3. The molecule has 0 aliphatic heterocycles. The summed E-state index contributed by atoms with van der Waals surface area (Å²) < 4.78 is 0.849. The van der Waals surface area contributed by atoms with Crippen molar-refractivity contribution < 1.29 is 9.59 Å². The number of hydrogen-bond donors (Lipinski definition) is 3. The summed E-state index contributed by atoms with van der Waals surface area (Å²) in [6.45, 7) is 4.03. The van der Waals surface area contributed by atoms with E-state index in [2.05, 4.69) is 37.1 Å². The third-order valence-electron chi connectivity index (χ3n) is 3.38. The molecule has 0 bridgehead atoms. The maximum atomic E-state index is 11.6. The smallest absolute Gasteiger partial charge is 0.329 e. The Hall–Kier alpha value is -2.38. The summed E-state index contributed by atoms with van der Waals surface area (Å²) in [5, 5.41) is 10.2. The first-order chi connectivity index (χ1) is 12.4. The number of hydrazone groups is 1. The zero-order valence-corrected chi connectivity index (χ0v) is 16.6. The molecule has 0 radical (unpaired) electrons. The van der Waals surface area contributed by atoms with Crippen molar-refractivity contribution in [2.75, 3.05) is 11.9 Å². The van der Waals surface area contributed by atoms with E-state index in [-0.39, 0.29) is 0 Å². The van der Waals surface area contributed by atoms with Gasteiger partial charge in [-0.05, 0) is 49.7 Å². The third kappa shape index (κ3) is 5.57. The quantitative estimate of drug-likeness (QED) is 0.378. The second-order valence-corrected chi connectivity index (χ2v) is 6.70. The number of benzene rings is 2. The molecule has 0 heterocycles. The van der Waals surface area contributed by atoms with Gasteiger partial charge in [0, 0.05) is 33.0 Å². The van der Waals surface area contributed by atoms with Crippen LogP contribution in [0.3, 0.4) is 0 Å². The average molecular weight is 438 g/mol. The van der Waals surface area contributed by atoms with E-state index in [1.165, 1.54) is 6.21 Å². The monoisotopic (exact) mass is 436 g/mol. The molecule has 2 amide bonds. The normalized spacial score (nSPS) is 10.6. The van der Waals surface area contributed by atoms with Crippen molar-refractivity contribution in [3.05, 3.63) is 57.0 Å². The summed E-state index contributed by atoms with van der Waals surface area (Å²) >= 11 is 9.57. The van der Waals surface area contributed by atoms with Crippen LogP contribution in [0, 0.1) is 6.92 Å². The molecule has 0 aliphatic rings. The molecule has 0 unspecified atom stereocenters. The van der Waals surface area contributed by atoms with Crippen molar-refractivity contribution in [1.82, 2.24) is 10.7 Å². The van der Waals surface area contributed by atoms with Gasteiger partial charge in [0.1, 0.15) is 0 Å². The molecule has 2 aromatic rings. The number of halogens is 2. The Kier molecular flexibility index (Phi) is 7.17. The minimum absolute atomic E-state index is 0.370. The molecule has 0 fully saturated rings. The molecule has 6 nitrogen and oxygen atoms in total. The van der Waals surface area contributed by atoms with E-state index >= 15 is 0 Å². The first-order valence-electron chi connectivity index (χ1n) is 7.84. The Morgan fingerprint density at radius 3 is 2.65 bits per heavy atom. The van der Waals surface area contributed by atoms with Crippen molar-refractivity contribution in [1.29, 1.82) is 0 Å². The van der Waals surface area contributed by atoms with Crippen molar-refractivity contribution in [2.45, 2.75) is 13.8 Å². The van der Waals surface area contributed by atoms with Crippen LogP contribution in [-0.2, 0) is 9.59 Å². The van der Waals surface area contributed by atoms with Crippen molar-refractivity contribution in [2.24, 2.45) is 5.10 Å². The summed E-state index contributed by atoms with van der Waals surface area (Å²) in [7, 11) is 0. The second kappa shape index (κ2) is 9.35. The molecule has 0 aliphatic carbocycles. The Balaban J connectivity index is 2.16. The fourth-order valence-electron chi connectivity index (χ4n) is 2.03. The highest BCUT2D eigenvalue weighted by atomic mass is 79.9. The van der Waals surface area contributed by atoms with E-state index in [4.69, 9.17) is 11.6 Å². The molecule has 2 rings (SSSR count). The summed E-state index contributed by atoms with van der Waals surface area (Å²) in [6.07, 6.45) is 1.46. The lowest BCUT2D eigenvalue weighted by atomic mass is 10.1. The van der Waals surface area contributed by atoms with E-state index in [1.54, 1.807) is 6.92 Å². The fraction of sp³-hybridized carbons (Fsp3) is 0.167. The number of aryl methyl sites for hydroxylation is 1. The molecule has 0 spiro atoms. The molecule has 3 N–H and O–H groups in total. The molecule has 0 atom stereocenters. The maximum Gasteiger partial charge on any atom is 0.329 e. The average Bonchev–Trinajstić information content (AvgIpc) is 2.60. The van der Waals surface area contributed by atoms with Gasteiger partial charge in [-0.25, -0.2) is 5.43 Å². The van der Waals surface area contributed by atoms with E-state index in [1.807, 2.05) is 43.3 Å². The number of anilines is 2. The maximum absolute atomic E-state index is 11.6. The molecule has 0 aromatic heterocycles. The number of amides is 2. The van der Waals surface area contributed by atoms with Crippen LogP contribution in [-0.4, -0.2) is 24.6 Å². The molecule has 0 saturated heterocycles. The number of carbonyl (C=O) groups excluding carboxylic acids is 2. The second-order valence-electron chi connectivity index (χ2n) is 5.38. The van der Waals surface area contributed by atoms with Crippen molar-refractivity contribution >= 4 is 56.9 Å². The van der Waals surface area contributed by atoms with Crippen LogP contribution in [0.2, 0.25) is 5.02 Å². The Morgan fingerprint density at radius 2 is 1.96 bits per heavy atom. The molecular formula is C18H18BrClN4O2. The molecular weight excluding hydrogens is 420 g/mol. The summed E-state index contributed by atoms with van der Waals surface area (Å²) in [5.74, 6) is -1.55. The lowest BCUT2D eigenvalue weighted by molar-refractivity contribution is -0.139. The zero-order valence-electron chi connectivity index (χ0n) is 14.3. The van der Waals surface area contributed by atoms with Crippen molar-refractivity contribution in [3.63, 3.8) is 0 Å². The van der Waals surface area contributed by atoms with Crippen LogP contribution in [0.15, 0.2) is 46.0 Å². The molecule has 26 heavy (non-hydrogen) atoms. The molecule has 8 heteroatoms. The van der Waals surface area contributed by atoms with Crippen molar-refractivity contribution in [3.8, 4) is 0 Å². The SMILES string of the molecule is CCNC(=O)C(=O)N/N=C\c1cc(Br)ccc1Nc1ccc(C)c(Cl)c1. The van der Waals surface area contributed by atoms with Crippen LogP contribution in [0.5, 0.6) is 0 Å². The van der Waals surface area contributed by atoms with E-state index in [0.29, 0.717) is 17.1 Å². The number of carbonyl (C=O) groups is 2. The van der Waals surface area contributed by atoms with Gasteiger partial charge < -0.3 is 10.6 Å². The first-order valence-corrected chi connectivity index (χ1v) is 9.01. The van der Waals surface area contributed by atoms with Crippen LogP contribution in [0.4, 0.5) is 11.4 Å². The number of rotatable bonds is 5. The predicted molar refractivity (Wildman–Crippen MR) is 108 cm³/mol. The van der Waals surface area contributed by atoms with E-state index in [0.717, 1.165) is 21.4 Å². The molecule has 0 saturated carbocycles. The fourth-order valence-corrected chi connectivity index (χ4v) is 2.59. The predicted octanol–water partition coefficient (Wildman–Crippen LogP) is 3.74. The van der Waals surface area contributed by atoms with E-state index in [9.17, 15) is 9.59 Å². The lowest BCUT2D eigenvalue weighted by Gasteiger charge is -2.11. The number of hydrogen-bond acceptors (Lipinski definition) is 4. The topological polar surface area (TPSA) is 82.6 Å². The van der Waals surface area contributed by atoms with Gasteiger partial charge in [-0.3, -0.25) is 9.59 Å². The highest BCUT2D eigenvalue weighted by Crippen LogP contribution is 2.26. The van der Waals surface area contributed by atoms with Crippen LogP contribution >= 0.6 is 27.5 Å². The first kappa shape index (κ1) is 19.9. The van der Waals surface area contributed by atoms with Crippen LogP contribution in [0.25, 0.3) is 0 Å². The summed E-state index contributed by atoms with van der Waals surface area (Å²) in [6, 6.07) is 11.2. The van der Waals surface area contributed by atoms with Gasteiger partial charge >= 0.3 is 11.8 Å². The Bertz CT molecular complexity index is 855. The van der Waals surface area contributed by atoms with Gasteiger partial charge in [-0.1, -0.05) is 33.6 Å². The molecule has 2 aromatic carbocycles. The van der Waals surface area contributed by atoms with Gasteiger partial charge in [-0.15, -0.1) is 0 Å². The van der Waals surface area contributed by atoms with Gasteiger partial charge in [0.15, 0.2) is 0 Å². The minimum atomic E-state index is -0.821. The summed E-state index contributed by atoms with van der Waals surface area (Å²) in [4.78, 5) is 22.9. The van der Waals surface area contributed by atoms with Gasteiger partial charge in [-0.2, -0.15) is 5.10 Å². The molecule has 136 valence electrons. The standard InChI is InChI=1S/C18H18BrClN4O2/c1-3-21-17(25)18(26)24-22-10-12-8-13(19)5-7-16(12)23-14-6-4-11(2)15(20)9-14/h4-10,23H,3H2,1-2H3,(H,21,25)(H,24,26)/b22-10-. The minimum Gasteiger partial charge on any atom is -0.355 e. The largest absolute Gasteiger partial charge is 0.355 e. The summed E-state index contributed by atoms with van der Waals surface area (Å²) in [5.41, 5.74) is 5.49.